The van der Waals surface area contributed by atoms with Crippen molar-refractivity contribution in [3.63, 3.8) is 0 Å². The number of amides is 1. The van der Waals surface area contributed by atoms with E-state index in [4.69, 9.17) is 0 Å². The van der Waals surface area contributed by atoms with Crippen LogP contribution in [0.3, 0.4) is 0 Å². The van der Waals surface area contributed by atoms with Crippen LogP contribution in [0.15, 0.2) is 12.4 Å². The van der Waals surface area contributed by atoms with Crippen molar-refractivity contribution in [1.29, 1.82) is 0 Å². The number of rotatable bonds is 3. The van der Waals surface area contributed by atoms with Crippen LogP contribution in [-0.2, 0) is 18.4 Å². The molecule has 0 radical (unpaired) electrons. The second kappa shape index (κ2) is 5.10. The monoisotopic (exact) mass is 250 g/mol. The van der Waals surface area contributed by atoms with Crippen LogP contribution >= 0.6 is 0 Å². The Bertz CT molecular complexity index is 420. The lowest BCUT2D eigenvalue weighted by atomic mass is 9.79. The molecule has 1 fully saturated rings. The van der Waals surface area contributed by atoms with Gasteiger partial charge in [0.15, 0.2) is 0 Å². The van der Waals surface area contributed by atoms with Crippen LogP contribution in [0.25, 0.3) is 0 Å². The molecule has 1 aromatic heterocycles. The van der Waals surface area contributed by atoms with Crippen molar-refractivity contribution in [2.45, 2.75) is 26.3 Å². The Morgan fingerprint density at radius 2 is 2.22 bits per heavy atom. The smallest absolute Gasteiger partial charge is 0.228 e. The fourth-order valence-corrected chi connectivity index (χ4v) is 2.55. The highest BCUT2D eigenvalue weighted by atomic mass is 16.2. The first-order chi connectivity index (χ1) is 8.51. The van der Waals surface area contributed by atoms with Crippen molar-refractivity contribution in [3.8, 4) is 0 Å². The number of nitrogens with zero attached hydrogens (tertiary/aromatic N) is 3. The Morgan fingerprint density at radius 1 is 1.56 bits per heavy atom. The number of hydrogen-bond donors (Lipinski definition) is 1. The largest absolute Gasteiger partial charge is 0.341 e. The van der Waals surface area contributed by atoms with Gasteiger partial charge in [0, 0.05) is 37.8 Å². The van der Waals surface area contributed by atoms with E-state index in [0.717, 1.165) is 31.5 Å². The minimum Gasteiger partial charge on any atom is -0.341 e. The van der Waals surface area contributed by atoms with Gasteiger partial charge in [0.05, 0.1) is 6.20 Å². The summed E-state index contributed by atoms with van der Waals surface area (Å²) in [6.07, 6.45) is 5.61. The summed E-state index contributed by atoms with van der Waals surface area (Å²) in [4.78, 5) is 14.3. The van der Waals surface area contributed by atoms with Crippen LogP contribution in [-0.4, -0.2) is 40.7 Å². The fraction of sp³-hybridized carbons (Fsp3) is 0.692. The molecular formula is C13H22N4O. The fourth-order valence-electron chi connectivity index (χ4n) is 2.55. The van der Waals surface area contributed by atoms with Gasteiger partial charge in [0.2, 0.25) is 5.91 Å². The van der Waals surface area contributed by atoms with E-state index in [1.807, 2.05) is 31.4 Å². The molecule has 0 spiro atoms. The van der Waals surface area contributed by atoms with Crippen molar-refractivity contribution in [1.82, 2.24) is 20.0 Å². The summed E-state index contributed by atoms with van der Waals surface area (Å²) < 4.78 is 1.76. The van der Waals surface area contributed by atoms with Crippen LogP contribution in [0, 0.1) is 5.41 Å². The van der Waals surface area contributed by atoms with E-state index >= 15 is 0 Å². The van der Waals surface area contributed by atoms with Crippen molar-refractivity contribution in [3.05, 3.63) is 18.0 Å². The molecule has 1 aliphatic heterocycles. The summed E-state index contributed by atoms with van der Waals surface area (Å²) >= 11 is 0. The van der Waals surface area contributed by atoms with Crippen molar-refractivity contribution in [2.75, 3.05) is 20.1 Å². The molecule has 1 amide bonds. The molecule has 2 heterocycles. The highest BCUT2D eigenvalue weighted by Crippen LogP contribution is 2.30. The maximum absolute atomic E-state index is 12.5. The molecule has 100 valence electrons. The minimum absolute atomic E-state index is 0.206. The van der Waals surface area contributed by atoms with E-state index in [-0.39, 0.29) is 11.3 Å². The number of carbonyl (C=O) groups excluding carboxylic acids is 1. The van der Waals surface area contributed by atoms with Gasteiger partial charge in [-0.3, -0.25) is 9.48 Å². The Balaban J connectivity index is 1.99. The van der Waals surface area contributed by atoms with E-state index in [0.29, 0.717) is 6.54 Å². The quantitative estimate of drug-likeness (QED) is 0.862. The zero-order chi connectivity index (χ0) is 13.2. The zero-order valence-electron chi connectivity index (χ0n) is 11.4. The Hall–Kier alpha value is -1.36. The number of nitrogens with one attached hydrogen (secondary N) is 1. The molecule has 2 rings (SSSR count). The van der Waals surface area contributed by atoms with Gasteiger partial charge in [-0.2, -0.15) is 5.10 Å². The van der Waals surface area contributed by atoms with Crippen molar-refractivity contribution in [2.24, 2.45) is 12.5 Å². The third-order valence-electron chi connectivity index (χ3n) is 3.75. The predicted molar refractivity (Wildman–Crippen MR) is 69.9 cm³/mol. The molecule has 0 unspecified atom stereocenters. The van der Waals surface area contributed by atoms with Gasteiger partial charge in [-0.1, -0.05) is 6.92 Å². The van der Waals surface area contributed by atoms with Gasteiger partial charge in [-0.25, -0.2) is 0 Å². The van der Waals surface area contributed by atoms with Gasteiger partial charge in [0.25, 0.3) is 0 Å². The number of hydrogen-bond acceptors (Lipinski definition) is 3. The first-order valence-corrected chi connectivity index (χ1v) is 6.45. The molecule has 0 bridgehead atoms. The van der Waals surface area contributed by atoms with Gasteiger partial charge in [-0.05, 0) is 25.9 Å². The summed E-state index contributed by atoms with van der Waals surface area (Å²) in [5, 5.41) is 7.43. The molecule has 0 aromatic carbocycles. The van der Waals surface area contributed by atoms with Gasteiger partial charge in [-0.15, -0.1) is 0 Å². The zero-order valence-corrected chi connectivity index (χ0v) is 11.4. The van der Waals surface area contributed by atoms with Crippen LogP contribution in [0.1, 0.15) is 25.3 Å². The second-order valence-electron chi connectivity index (χ2n) is 5.49. The topological polar surface area (TPSA) is 50.2 Å². The van der Waals surface area contributed by atoms with Crippen molar-refractivity contribution < 1.29 is 4.79 Å². The summed E-state index contributed by atoms with van der Waals surface area (Å²) in [5.74, 6) is 0.243. The van der Waals surface area contributed by atoms with E-state index in [9.17, 15) is 4.79 Å². The van der Waals surface area contributed by atoms with Crippen LogP contribution in [0.5, 0.6) is 0 Å². The molecule has 5 heteroatoms. The Kier molecular flexibility index (Phi) is 3.71. The first-order valence-electron chi connectivity index (χ1n) is 6.45. The number of piperidine rings is 1. The molecule has 5 nitrogen and oxygen atoms in total. The maximum atomic E-state index is 12.5. The average Bonchev–Trinajstić information content (AvgIpc) is 2.74. The van der Waals surface area contributed by atoms with Crippen LogP contribution in [0.2, 0.25) is 0 Å². The molecule has 0 saturated carbocycles. The number of carbonyl (C=O) groups is 1. The lowest BCUT2D eigenvalue weighted by molar-refractivity contribution is -0.141. The van der Waals surface area contributed by atoms with Gasteiger partial charge >= 0.3 is 0 Å². The molecule has 0 aliphatic carbocycles. The normalized spacial score (nSPS) is 18.6. The minimum atomic E-state index is -0.206. The summed E-state index contributed by atoms with van der Waals surface area (Å²) in [6.45, 7) is 4.58. The van der Waals surface area contributed by atoms with E-state index in [1.54, 1.807) is 4.68 Å². The SMILES string of the molecule is CN(Cc1cnn(C)c1)C(=O)C1(C)CCNCC1. The molecular weight excluding hydrogens is 228 g/mol. The molecule has 0 atom stereocenters. The standard InChI is InChI=1S/C13H22N4O/c1-13(4-6-14-7-5-13)12(18)16(2)9-11-8-15-17(3)10-11/h8,10,14H,4-7,9H2,1-3H3. The first kappa shape index (κ1) is 13.1. The molecule has 18 heavy (non-hydrogen) atoms. The maximum Gasteiger partial charge on any atom is 0.228 e. The Labute approximate surface area is 108 Å². The second-order valence-corrected chi connectivity index (χ2v) is 5.49. The van der Waals surface area contributed by atoms with E-state index < -0.39 is 0 Å². The summed E-state index contributed by atoms with van der Waals surface area (Å²) in [5.41, 5.74) is 0.869. The lowest BCUT2D eigenvalue weighted by Crippen LogP contribution is -2.46. The predicted octanol–water partition coefficient (Wildman–Crippen LogP) is 0.768. The van der Waals surface area contributed by atoms with E-state index in [1.165, 1.54) is 0 Å². The number of aromatic nitrogens is 2. The average molecular weight is 250 g/mol. The van der Waals surface area contributed by atoms with Crippen molar-refractivity contribution >= 4 is 5.91 Å². The molecule has 1 saturated heterocycles. The van der Waals surface area contributed by atoms with Crippen LogP contribution in [0.4, 0.5) is 0 Å². The molecule has 1 N–H and O–H groups in total. The lowest BCUT2D eigenvalue weighted by Gasteiger charge is -2.35. The summed E-state index contributed by atoms with van der Waals surface area (Å²) in [6, 6.07) is 0. The molecule has 1 aliphatic rings. The third kappa shape index (κ3) is 2.72. The number of aryl methyl sites for hydroxylation is 1. The Morgan fingerprint density at radius 3 is 2.78 bits per heavy atom. The van der Waals surface area contributed by atoms with E-state index in [2.05, 4.69) is 17.3 Å². The highest BCUT2D eigenvalue weighted by Gasteiger charge is 2.36. The highest BCUT2D eigenvalue weighted by molar-refractivity contribution is 5.82. The molecule has 1 aromatic rings. The summed E-state index contributed by atoms with van der Waals surface area (Å²) in [7, 11) is 3.77. The van der Waals surface area contributed by atoms with Crippen LogP contribution < -0.4 is 5.32 Å². The third-order valence-corrected chi connectivity index (χ3v) is 3.75. The van der Waals surface area contributed by atoms with Gasteiger partial charge in [0.1, 0.15) is 0 Å². The van der Waals surface area contributed by atoms with Gasteiger partial charge < -0.3 is 10.2 Å².